The summed E-state index contributed by atoms with van der Waals surface area (Å²) in [5, 5.41) is 3.98. The molecule has 1 atom stereocenters. The molecule has 0 bridgehead atoms. The van der Waals surface area contributed by atoms with Crippen LogP contribution < -0.4 is 10.5 Å². The van der Waals surface area contributed by atoms with Crippen LogP contribution in [0.3, 0.4) is 0 Å². The van der Waals surface area contributed by atoms with E-state index < -0.39 is 6.04 Å². The third kappa shape index (κ3) is 3.79. The molecule has 0 fully saturated rings. The van der Waals surface area contributed by atoms with Crippen molar-refractivity contribution in [2.24, 2.45) is 5.73 Å². The maximum atomic E-state index is 6.07. The first-order chi connectivity index (χ1) is 11.8. The Hall–Kier alpha value is -2.70. The molecule has 3 aromatic rings. The van der Waals surface area contributed by atoms with Gasteiger partial charge in [0.2, 0.25) is 11.7 Å². The molecule has 0 aliphatic carbocycles. The molecule has 2 N–H and O–H groups in total. The Labute approximate surface area is 140 Å². The van der Waals surface area contributed by atoms with Gasteiger partial charge in [0.05, 0.1) is 25.9 Å². The van der Waals surface area contributed by atoms with Gasteiger partial charge < -0.3 is 19.7 Å². The second-order valence-electron chi connectivity index (χ2n) is 5.26. The summed E-state index contributed by atoms with van der Waals surface area (Å²) in [6.45, 7) is 0.782. The van der Waals surface area contributed by atoms with Crippen molar-refractivity contribution in [2.75, 3.05) is 13.7 Å². The Morgan fingerprint density at radius 1 is 1.08 bits per heavy atom. The highest BCUT2D eigenvalue weighted by atomic mass is 16.5. The van der Waals surface area contributed by atoms with Crippen molar-refractivity contribution in [1.82, 2.24) is 10.1 Å². The zero-order chi connectivity index (χ0) is 16.8. The van der Waals surface area contributed by atoms with Gasteiger partial charge in [-0.1, -0.05) is 47.6 Å². The van der Waals surface area contributed by atoms with E-state index in [4.69, 9.17) is 19.7 Å². The Morgan fingerprint density at radius 2 is 1.83 bits per heavy atom. The van der Waals surface area contributed by atoms with Crippen molar-refractivity contribution >= 4 is 0 Å². The van der Waals surface area contributed by atoms with Crippen LogP contribution in [-0.4, -0.2) is 23.9 Å². The lowest BCUT2D eigenvalue weighted by Crippen LogP contribution is -2.17. The number of nitrogens with two attached hydrogens (primary N) is 1. The largest absolute Gasteiger partial charge is 0.496 e. The Morgan fingerprint density at radius 3 is 2.62 bits per heavy atom. The van der Waals surface area contributed by atoms with Gasteiger partial charge >= 0.3 is 0 Å². The quantitative estimate of drug-likeness (QED) is 0.719. The summed E-state index contributed by atoms with van der Waals surface area (Å²) in [7, 11) is 1.60. The first-order valence-electron chi connectivity index (χ1n) is 7.62. The van der Waals surface area contributed by atoms with E-state index in [-0.39, 0.29) is 0 Å². The van der Waals surface area contributed by atoms with Crippen molar-refractivity contribution < 1.29 is 14.0 Å². The van der Waals surface area contributed by atoms with Gasteiger partial charge in [-0.05, 0) is 17.7 Å². The van der Waals surface area contributed by atoms with Gasteiger partial charge in [0.15, 0.2) is 0 Å². The normalized spacial score (nSPS) is 12.1. The van der Waals surface area contributed by atoms with Crippen LogP contribution in [0.15, 0.2) is 59.1 Å². The molecule has 0 spiro atoms. The fourth-order valence-corrected chi connectivity index (χ4v) is 2.27. The van der Waals surface area contributed by atoms with E-state index in [9.17, 15) is 0 Å². The third-order valence-corrected chi connectivity index (χ3v) is 3.52. The summed E-state index contributed by atoms with van der Waals surface area (Å²) >= 11 is 0. The zero-order valence-corrected chi connectivity index (χ0v) is 13.4. The molecule has 124 valence electrons. The van der Waals surface area contributed by atoms with E-state index in [2.05, 4.69) is 10.1 Å². The van der Waals surface area contributed by atoms with Gasteiger partial charge in [-0.25, -0.2) is 0 Å². The van der Waals surface area contributed by atoms with Crippen LogP contribution in [0, 0.1) is 0 Å². The minimum atomic E-state index is -0.482. The van der Waals surface area contributed by atoms with E-state index in [1.54, 1.807) is 7.11 Å². The minimum absolute atomic E-state index is 0.294. The van der Waals surface area contributed by atoms with Gasteiger partial charge in [0, 0.05) is 0 Å². The molecule has 1 aromatic heterocycles. The fourth-order valence-electron chi connectivity index (χ4n) is 2.27. The number of ether oxygens (including phenoxy) is 2. The van der Waals surface area contributed by atoms with Crippen molar-refractivity contribution in [3.05, 3.63) is 66.1 Å². The maximum Gasteiger partial charge on any atom is 0.246 e. The molecule has 0 aliphatic heterocycles. The predicted molar refractivity (Wildman–Crippen MR) is 89.3 cm³/mol. The predicted octanol–water partition coefficient (Wildman–Crippen LogP) is 2.96. The third-order valence-electron chi connectivity index (χ3n) is 3.52. The highest BCUT2D eigenvalue weighted by Crippen LogP contribution is 2.27. The van der Waals surface area contributed by atoms with E-state index in [1.807, 2.05) is 54.6 Å². The Bertz CT molecular complexity index is 774. The van der Waals surface area contributed by atoms with Crippen LogP contribution in [0.2, 0.25) is 0 Å². The van der Waals surface area contributed by atoms with Gasteiger partial charge in [0.25, 0.3) is 0 Å². The first kappa shape index (κ1) is 16.2. The molecule has 0 saturated carbocycles. The van der Waals surface area contributed by atoms with E-state index in [0.717, 1.165) is 11.1 Å². The van der Waals surface area contributed by atoms with E-state index >= 15 is 0 Å². The summed E-state index contributed by atoms with van der Waals surface area (Å²) in [5.41, 5.74) is 7.91. The molecule has 1 heterocycles. The Kier molecular flexibility index (Phi) is 5.20. The number of para-hydroxylation sites is 1. The molecule has 0 radical (unpaired) electrons. The van der Waals surface area contributed by atoms with Gasteiger partial charge in [0.1, 0.15) is 11.8 Å². The molecule has 3 rings (SSSR count). The average molecular weight is 325 g/mol. The lowest BCUT2D eigenvalue weighted by Gasteiger charge is -2.08. The molecule has 0 amide bonds. The average Bonchev–Trinajstić information content (AvgIpc) is 3.12. The lowest BCUT2D eigenvalue weighted by atomic mass is 10.2. The molecular weight excluding hydrogens is 306 g/mol. The van der Waals surface area contributed by atoms with E-state index in [0.29, 0.717) is 30.7 Å². The minimum Gasteiger partial charge on any atom is -0.496 e. The molecule has 2 aromatic carbocycles. The maximum absolute atomic E-state index is 6.07. The topological polar surface area (TPSA) is 83.4 Å². The highest BCUT2D eigenvalue weighted by molar-refractivity contribution is 5.63. The van der Waals surface area contributed by atoms with Crippen molar-refractivity contribution in [2.45, 2.75) is 12.6 Å². The van der Waals surface area contributed by atoms with Crippen LogP contribution in [0.1, 0.15) is 17.5 Å². The van der Waals surface area contributed by atoms with Crippen molar-refractivity contribution in [3.63, 3.8) is 0 Å². The summed E-state index contributed by atoms with van der Waals surface area (Å²) in [6.07, 6.45) is 0. The smallest absolute Gasteiger partial charge is 0.246 e. The summed E-state index contributed by atoms with van der Waals surface area (Å²) in [4.78, 5) is 4.35. The fraction of sp³-hybridized carbons (Fsp3) is 0.222. The first-order valence-corrected chi connectivity index (χ1v) is 7.62. The number of hydrogen-bond acceptors (Lipinski definition) is 6. The lowest BCUT2D eigenvalue weighted by molar-refractivity contribution is 0.0997. The van der Waals surface area contributed by atoms with Crippen molar-refractivity contribution in [3.8, 4) is 17.1 Å². The molecule has 6 heteroatoms. The molecule has 0 saturated heterocycles. The Balaban J connectivity index is 1.62. The zero-order valence-electron chi connectivity index (χ0n) is 13.4. The van der Waals surface area contributed by atoms with Crippen LogP contribution in [0.25, 0.3) is 11.4 Å². The molecular formula is C18H19N3O3. The van der Waals surface area contributed by atoms with Crippen LogP contribution in [0.5, 0.6) is 5.75 Å². The van der Waals surface area contributed by atoms with Gasteiger partial charge in [-0.15, -0.1) is 0 Å². The standard InChI is InChI=1S/C18H19N3O3/c1-22-16-10-6-5-9-14(16)17-20-18(24-21-17)15(19)12-23-11-13-7-3-2-4-8-13/h2-10,15H,11-12,19H2,1H3/t15-/m1/s1. The molecule has 0 unspecified atom stereocenters. The number of nitrogens with zero attached hydrogens (tertiary/aromatic N) is 2. The summed E-state index contributed by atoms with van der Waals surface area (Å²) in [5.74, 6) is 1.46. The number of rotatable bonds is 7. The summed E-state index contributed by atoms with van der Waals surface area (Å²) in [6, 6.07) is 16.9. The van der Waals surface area contributed by atoms with Gasteiger partial charge in [-0.2, -0.15) is 4.98 Å². The summed E-state index contributed by atoms with van der Waals surface area (Å²) < 4.78 is 16.2. The SMILES string of the molecule is COc1ccccc1-c1noc([C@H](N)COCc2ccccc2)n1. The van der Waals surface area contributed by atoms with Crippen LogP contribution >= 0.6 is 0 Å². The van der Waals surface area contributed by atoms with Crippen LogP contribution in [0.4, 0.5) is 0 Å². The van der Waals surface area contributed by atoms with Gasteiger partial charge in [-0.3, -0.25) is 0 Å². The van der Waals surface area contributed by atoms with Crippen LogP contribution in [-0.2, 0) is 11.3 Å². The number of methoxy groups -OCH3 is 1. The van der Waals surface area contributed by atoms with E-state index in [1.165, 1.54) is 0 Å². The number of hydrogen-bond donors (Lipinski definition) is 1. The highest BCUT2D eigenvalue weighted by Gasteiger charge is 2.17. The monoisotopic (exact) mass is 325 g/mol. The molecule has 6 nitrogen and oxygen atoms in total. The second kappa shape index (κ2) is 7.72. The number of benzene rings is 2. The second-order valence-corrected chi connectivity index (χ2v) is 5.26. The number of aromatic nitrogens is 2. The molecule has 24 heavy (non-hydrogen) atoms. The van der Waals surface area contributed by atoms with Crippen molar-refractivity contribution in [1.29, 1.82) is 0 Å². The molecule has 0 aliphatic rings.